The van der Waals surface area contributed by atoms with Crippen LogP contribution in [0.15, 0.2) is 0 Å². The number of ether oxygens (including phenoxy) is 2. The molecule has 2 amide bonds. The fourth-order valence-corrected chi connectivity index (χ4v) is 3.23. The largest absolute Gasteiger partial charge is 0.378 e. The van der Waals surface area contributed by atoms with Gasteiger partial charge in [0, 0.05) is 44.5 Å². The molecule has 0 aromatic carbocycles. The highest BCUT2D eigenvalue weighted by Gasteiger charge is 2.62. The highest BCUT2D eigenvalue weighted by molar-refractivity contribution is 5.89. The number of hydrogen-bond acceptors (Lipinski definition) is 5. The smallest absolute Gasteiger partial charge is 0.240 e. The Labute approximate surface area is 137 Å². The molecule has 1 aliphatic heterocycles. The Morgan fingerprint density at radius 1 is 1.35 bits per heavy atom. The number of morpholine rings is 1. The molecular formula is C16H29N3O4. The van der Waals surface area contributed by atoms with Gasteiger partial charge in [0.05, 0.1) is 19.3 Å². The molecule has 1 saturated carbocycles. The Hall–Kier alpha value is -1.18. The average Bonchev–Trinajstić information content (AvgIpc) is 2.55. The molecular weight excluding hydrogens is 298 g/mol. The molecule has 132 valence electrons. The van der Waals surface area contributed by atoms with E-state index >= 15 is 0 Å². The third-order valence-corrected chi connectivity index (χ3v) is 5.22. The SMILES string of the molecule is CCOC1CC(N)(C(=O)NCCC(=O)N2CCOCC2)C1(C)C. The molecule has 7 heteroatoms. The van der Waals surface area contributed by atoms with Gasteiger partial charge in [0.2, 0.25) is 11.8 Å². The molecule has 2 rings (SSSR count). The number of carbonyl (C=O) groups is 2. The Bertz CT molecular complexity index is 449. The summed E-state index contributed by atoms with van der Waals surface area (Å²) in [5.41, 5.74) is 4.95. The number of nitrogens with two attached hydrogens (primary N) is 1. The second kappa shape index (κ2) is 7.15. The van der Waals surface area contributed by atoms with Gasteiger partial charge >= 0.3 is 0 Å². The number of rotatable bonds is 6. The van der Waals surface area contributed by atoms with Crippen LogP contribution in [0.3, 0.4) is 0 Å². The van der Waals surface area contributed by atoms with Crippen LogP contribution in [0.5, 0.6) is 0 Å². The maximum absolute atomic E-state index is 12.4. The van der Waals surface area contributed by atoms with E-state index in [4.69, 9.17) is 15.2 Å². The van der Waals surface area contributed by atoms with Crippen molar-refractivity contribution in [1.29, 1.82) is 0 Å². The fraction of sp³-hybridized carbons (Fsp3) is 0.875. The standard InChI is InChI=1S/C16H29N3O4/c1-4-23-12-11-16(17,15(12,2)3)14(21)18-6-5-13(20)19-7-9-22-10-8-19/h12H,4-11,17H2,1-3H3,(H,18,21). The molecule has 2 aliphatic rings. The third kappa shape index (κ3) is 3.51. The minimum absolute atomic E-state index is 0.00164. The second-order valence-corrected chi connectivity index (χ2v) is 6.84. The maximum atomic E-state index is 12.4. The molecule has 3 N–H and O–H groups in total. The van der Waals surface area contributed by atoms with Gasteiger partial charge < -0.3 is 25.4 Å². The quantitative estimate of drug-likeness (QED) is 0.709. The first-order valence-corrected chi connectivity index (χ1v) is 8.37. The summed E-state index contributed by atoms with van der Waals surface area (Å²) in [6.07, 6.45) is 0.798. The van der Waals surface area contributed by atoms with Crippen LogP contribution in [-0.2, 0) is 19.1 Å². The van der Waals surface area contributed by atoms with Crippen molar-refractivity contribution in [2.45, 2.75) is 45.3 Å². The lowest BCUT2D eigenvalue weighted by Crippen LogP contribution is -2.75. The van der Waals surface area contributed by atoms with Crippen molar-refractivity contribution in [1.82, 2.24) is 10.2 Å². The van der Waals surface area contributed by atoms with Gasteiger partial charge in [-0.05, 0) is 6.92 Å². The summed E-state index contributed by atoms with van der Waals surface area (Å²) in [5.74, 6) is -0.159. The number of nitrogens with zero attached hydrogens (tertiary/aromatic N) is 1. The molecule has 2 unspecified atom stereocenters. The van der Waals surface area contributed by atoms with Crippen molar-refractivity contribution in [3.8, 4) is 0 Å². The molecule has 23 heavy (non-hydrogen) atoms. The second-order valence-electron chi connectivity index (χ2n) is 6.84. The summed E-state index contributed by atoms with van der Waals surface area (Å²) in [4.78, 5) is 26.2. The van der Waals surface area contributed by atoms with Crippen molar-refractivity contribution in [2.24, 2.45) is 11.1 Å². The van der Waals surface area contributed by atoms with E-state index in [1.165, 1.54) is 0 Å². The van der Waals surface area contributed by atoms with Crippen molar-refractivity contribution < 1.29 is 19.1 Å². The molecule has 1 aliphatic carbocycles. The molecule has 1 saturated heterocycles. The van der Waals surface area contributed by atoms with Gasteiger partial charge in [-0.2, -0.15) is 0 Å². The van der Waals surface area contributed by atoms with Crippen LogP contribution in [0.4, 0.5) is 0 Å². The summed E-state index contributed by atoms with van der Waals surface area (Å²) < 4.78 is 10.8. The minimum Gasteiger partial charge on any atom is -0.378 e. The molecule has 2 fully saturated rings. The number of nitrogens with one attached hydrogen (secondary N) is 1. The Kier molecular flexibility index (Phi) is 5.65. The normalized spacial score (nSPS) is 29.7. The van der Waals surface area contributed by atoms with Crippen molar-refractivity contribution in [3.05, 3.63) is 0 Å². The van der Waals surface area contributed by atoms with Gasteiger partial charge in [0.1, 0.15) is 5.54 Å². The van der Waals surface area contributed by atoms with E-state index in [2.05, 4.69) is 5.32 Å². The van der Waals surface area contributed by atoms with E-state index in [0.717, 1.165) is 0 Å². The summed E-state index contributed by atoms with van der Waals surface area (Å²) in [7, 11) is 0. The Morgan fingerprint density at radius 2 is 2.00 bits per heavy atom. The van der Waals surface area contributed by atoms with E-state index < -0.39 is 11.0 Å². The highest BCUT2D eigenvalue weighted by atomic mass is 16.5. The van der Waals surface area contributed by atoms with Crippen LogP contribution in [-0.4, -0.2) is 67.8 Å². The topological polar surface area (TPSA) is 93.9 Å². The monoisotopic (exact) mass is 327 g/mol. The predicted molar refractivity (Wildman–Crippen MR) is 85.8 cm³/mol. The fourth-order valence-electron chi connectivity index (χ4n) is 3.23. The van der Waals surface area contributed by atoms with Crippen molar-refractivity contribution >= 4 is 11.8 Å². The summed E-state index contributed by atoms with van der Waals surface area (Å²) in [6, 6.07) is 0. The van der Waals surface area contributed by atoms with Gasteiger partial charge in [-0.25, -0.2) is 0 Å². The van der Waals surface area contributed by atoms with Crippen LogP contribution >= 0.6 is 0 Å². The molecule has 2 atom stereocenters. The molecule has 0 aromatic rings. The highest BCUT2D eigenvalue weighted by Crippen LogP contribution is 2.49. The lowest BCUT2D eigenvalue weighted by molar-refractivity contribution is -0.170. The van der Waals surface area contributed by atoms with Gasteiger partial charge in [-0.1, -0.05) is 13.8 Å². The Balaban J connectivity index is 1.77. The van der Waals surface area contributed by atoms with Crippen LogP contribution in [0.1, 0.15) is 33.6 Å². The lowest BCUT2D eigenvalue weighted by atomic mass is 9.54. The number of amides is 2. The first kappa shape index (κ1) is 18.2. The first-order chi connectivity index (χ1) is 10.8. The molecule has 0 bridgehead atoms. The summed E-state index contributed by atoms with van der Waals surface area (Å²) >= 11 is 0. The summed E-state index contributed by atoms with van der Waals surface area (Å²) in [6.45, 7) is 9.17. The van der Waals surface area contributed by atoms with Gasteiger partial charge in [-0.3, -0.25) is 9.59 Å². The van der Waals surface area contributed by atoms with E-state index in [0.29, 0.717) is 45.9 Å². The molecule has 1 heterocycles. The number of carbonyl (C=O) groups excluding carboxylic acids is 2. The zero-order valence-electron chi connectivity index (χ0n) is 14.4. The number of hydrogen-bond donors (Lipinski definition) is 2. The molecule has 0 spiro atoms. The lowest BCUT2D eigenvalue weighted by Gasteiger charge is -2.57. The third-order valence-electron chi connectivity index (χ3n) is 5.22. The Morgan fingerprint density at radius 3 is 2.57 bits per heavy atom. The van der Waals surface area contributed by atoms with E-state index in [-0.39, 0.29) is 24.3 Å². The van der Waals surface area contributed by atoms with Crippen LogP contribution in [0.2, 0.25) is 0 Å². The minimum atomic E-state index is -0.936. The van der Waals surface area contributed by atoms with Crippen molar-refractivity contribution in [3.63, 3.8) is 0 Å². The first-order valence-electron chi connectivity index (χ1n) is 8.37. The van der Waals surface area contributed by atoms with Crippen LogP contribution in [0, 0.1) is 5.41 Å². The van der Waals surface area contributed by atoms with Crippen molar-refractivity contribution in [2.75, 3.05) is 39.5 Å². The van der Waals surface area contributed by atoms with Crippen LogP contribution < -0.4 is 11.1 Å². The molecule has 0 aromatic heterocycles. The zero-order valence-corrected chi connectivity index (χ0v) is 14.4. The van der Waals surface area contributed by atoms with Gasteiger partial charge in [0.25, 0.3) is 0 Å². The molecule has 0 radical (unpaired) electrons. The molecule has 7 nitrogen and oxygen atoms in total. The summed E-state index contributed by atoms with van der Waals surface area (Å²) in [5, 5.41) is 2.82. The predicted octanol–water partition coefficient (Wildman–Crippen LogP) is -0.116. The maximum Gasteiger partial charge on any atom is 0.240 e. The van der Waals surface area contributed by atoms with E-state index in [1.54, 1.807) is 4.90 Å². The van der Waals surface area contributed by atoms with E-state index in [9.17, 15) is 9.59 Å². The zero-order chi connectivity index (χ0) is 17.1. The van der Waals surface area contributed by atoms with E-state index in [1.807, 2.05) is 20.8 Å². The van der Waals surface area contributed by atoms with Gasteiger partial charge in [0.15, 0.2) is 0 Å². The average molecular weight is 327 g/mol. The van der Waals surface area contributed by atoms with Crippen LogP contribution in [0.25, 0.3) is 0 Å². The van der Waals surface area contributed by atoms with Gasteiger partial charge in [-0.15, -0.1) is 0 Å².